The Hall–Kier alpha value is -3.09. The lowest BCUT2D eigenvalue weighted by Crippen LogP contribution is -2.17. The molecule has 0 aliphatic heterocycles. The van der Waals surface area contributed by atoms with E-state index >= 15 is 0 Å². The third-order valence-corrected chi connectivity index (χ3v) is 8.13. The number of halogens is 1. The van der Waals surface area contributed by atoms with Gasteiger partial charge in [-0.15, -0.1) is 0 Å². The van der Waals surface area contributed by atoms with Crippen LogP contribution in [0.2, 0.25) is 0 Å². The molecule has 3 rings (SSSR count). The van der Waals surface area contributed by atoms with Crippen molar-refractivity contribution in [1.82, 2.24) is 0 Å². The molecule has 34 heavy (non-hydrogen) atoms. The minimum atomic E-state index is -4.17. The molecule has 3 aromatic rings. The summed E-state index contributed by atoms with van der Waals surface area (Å²) >= 11 is 3.33. The quantitative estimate of drug-likeness (QED) is 0.346. The maximum absolute atomic E-state index is 13.1. The number of carbonyl (C=O) groups is 1. The third-order valence-electron chi connectivity index (χ3n) is 4.61. The highest BCUT2D eigenvalue weighted by molar-refractivity contribution is 9.10. The van der Waals surface area contributed by atoms with Crippen LogP contribution in [-0.4, -0.2) is 34.5 Å². The van der Waals surface area contributed by atoms with Gasteiger partial charge in [0.2, 0.25) is 0 Å². The molecular weight excluding hydrogens is 548 g/mol. The first-order chi connectivity index (χ1) is 15.9. The highest BCUT2D eigenvalue weighted by Crippen LogP contribution is 2.30. The van der Waals surface area contributed by atoms with Gasteiger partial charge in [-0.25, -0.2) is 21.6 Å². The Balaban J connectivity index is 1.90. The van der Waals surface area contributed by atoms with Gasteiger partial charge < -0.3 is 9.84 Å². The molecule has 0 spiro atoms. The molecule has 9 nitrogen and oxygen atoms in total. The summed E-state index contributed by atoms with van der Waals surface area (Å²) < 4.78 is 62.4. The lowest BCUT2D eigenvalue weighted by Gasteiger charge is -2.14. The number of carboxylic acids is 1. The van der Waals surface area contributed by atoms with Crippen molar-refractivity contribution in [2.24, 2.45) is 0 Å². The first-order valence-corrected chi connectivity index (χ1v) is 13.6. The van der Waals surface area contributed by atoms with Crippen molar-refractivity contribution in [3.8, 4) is 5.75 Å². The summed E-state index contributed by atoms with van der Waals surface area (Å²) in [4.78, 5) is 10.8. The number of nitrogens with one attached hydrogen (secondary N) is 2. The van der Waals surface area contributed by atoms with E-state index in [1.54, 1.807) is 25.1 Å². The fourth-order valence-corrected chi connectivity index (χ4v) is 5.92. The summed E-state index contributed by atoms with van der Waals surface area (Å²) in [6.45, 7) is 3.86. The minimum Gasteiger partial charge on any atom is -0.493 e. The molecule has 0 unspecified atom stereocenters. The average molecular weight is 569 g/mol. The van der Waals surface area contributed by atoms with Crippen LogP contribution in [0.15, 0.2) is 74.9 Å². The van der Waals surface area contributed by atoms with Gasteiger partial charge in [-0.3, -0.25) is 9.44 Å². The Kier molecular flexibility index (Phi) is 7.54. The number of carboxylic acid groups (broad SMARTS) is 1. The highest BCUT2D eigenvalue weighted by Gasteiger charge is 2.21. The number of benzene rings is 3. The predicted octanol–water partition coefficient (Wildman–Crippen LogP) is 4.46. The van der Waals surface area contributed by atoms with Crippen LogP contribution in [-0.2, 0) is 20.0 Å². The van der Waals surface area contributed by atoms with E-state index in [4.69, 9.17) is 9.84 Å². The first kappa shape index (κ1) is 25.5. The van der Waals surface area contributed by atoms with Gasteiger partial charge in [-0.2, -0.15) is 0 Å². The topological polar surface area (TPSA) is 139 Å². The van der Waals surface area contributed by atoms with Gasteiger partial charge in [-0.05, 0) is 83.9 Å². The maximum Gasteiger partial charge on any atom is 0.335 e. The Bertz CT molecular complexity index is 1460. The van der Waals surface area contributed by atoms with Crippen LogP contribution in [0.3, 0.4) is 0 Å². The van der Waals surface area contributed by atoms with Crippen LogP contribution in [0.4, 0.5) is 11.4 Å². The number of anilines is 2. The summed E-state index contributed by atoms with van der Waals surface area (Å²) in [6, 6.07) is 13.6. The Labute approximate surface area is 206 Å². The van der Waals surface area contributed by atoms with Gasteiger partial charge in [0.1, 0.15) is 5.75 Å². The zero-order valence-electron chi connectivity index (χ0n) is 18.1. The fourth-order valence-electron chi connectivity index (χ4n) is 3.01. The second-order valence-electron chi connectivity index (χ2n) is 7.10. The molecule has 0 aliphatic carbocycles. The number of sulfonamides is 2. The largest absolute Gasteiger partial charge is 0.493 e. The van der Waals surface area contributed by atoms with Crippen molar-refractivity contribution < 1.29 is 31.5 Å². The van der Waals surface area contributed by atoms with E-state index in [0.29, 0.717) is 22.4 Å². The zero-order chi connectivity index (χ0) is 25.1. The monoisotopic (exact) mass is 568 g/mol. The van der Waals surface area contributed by atoms with E-state index in [0.717, 1.165) is 6.07 Å². The van der Waals surface area contributed by atoms with Crippen LogP contribution in [0, 0.1) is 6.92 Å². The Morgan fingerprint density at radius 2 is 1.59 bits per heavy atom. The molecule has 0 aliphatic rings. The normalized spacial score (nSPS) is 11.6. The predicted molar refractivity (Wildman–Crippen MR) is 132 cm³/mol. The Morgan fingerprint density at radius 3 is 2.24 bits per heavy atom. The second-order valence-corrected chi connectivity index (χ2v) is 11.3. The van der Waals surface area contributed by atoms with Gasteiger partial charge in [0, 0.05) is 0 Å². The van der Waals surface area contributed by atoms with Crippen LogP contribution in [0.25, 0.3) is 0 Å². The number of aromatic carboxylic acids is 1. The summed E-state index contributed by atoms with van der Waals surface area (Å²) in [7, 11) is -8.24. The van der Waals surface area contributed by atoms with Crippen LogP contribution < -0.4 is 14.2 Å². The molecule has 0 bridgehead atoms. The number of hydrogen-bond acceptors (Lipinski definition) is 6. The van der Waals surface area contributed by atoms with Gasteiger partial charge in [0.25, 0.3) is 20.0 Å². The standard InChI is InChI=1S/C22H21BrN2O7S2/c1-3-32-20-10-9-16(12-19(20)23)25-34(30,31)21-13-17(8-7-14(21)2)24-33(28,29)18-6-4-5-15(11-18)22(26)27/h4-13,24-25H,3H2,1-2H3,(H,26,27). The van der Waals surface area contributed by atoms with Crippen molar-refractivity contribution in [1.29, 1.82) is 0 Å². The van der Waals surface area contributed by atoms with E-state index in [2.05, 4.69) is 25.4 Å². The summed E-state index contributed by atoms with van der Waals surface area (Å²) in [5, 5.41) is 9.10. The molecule has 3 aromatic carbocycles. The number of ether oxygens (including phenoxy) is 1. The van der Waals surface area contributed by atoms with E-state index in [1.807, 2.05) is 6.92 Å². The molecule has 0 atom stereocenters. The van der Waals surface area contributed by atoms with Crippen LogP contribution >= 0.6 is 15.9 Å². The molecule has 0 saturated heterocycles. The van der Waals surface area contributed by atoms with Crippen molar-refractivity contribution >= 4 is 53.3 Å². The molecule has 0 fully saturated rings. The Morgan fingerprint density at radius 1 is 0.941 bits per heavy atom. The first-order valence-electron chi connectivity index (χ1n) is 9.85. The molecule has 0 amide bonds. The molecule has 0 radical (unpaired) electrons. The lowest BCUT2D eigenvalue weighted by molar-refractivity contribution is 0.0696. The van der Waals surface area contributed by atoms with Crippen LogP contribution in [0.5, 0.6) is 5.75 Å². The molecule has 12 heteroatoms. The van der Waals surface area contributed by atoms with Gasteiger partial charge in [0.05, 0.1) is 37.8 Å². The SMILES string of the molecule is CCOc1ccc(NS(=O)(=O)c2cc(NS(=O)(=O)c3cccc(C(=O)O)c3)ccc2C)cc1Br. The van der Waals surface area contributed by atoms with E-state index in [9.17, 15) is 21.6 Å². The number of hydrogen-bond donors (Lipinski definition) is 3. The number of aryl methyl sites for hydroxylation is 1. The third kappa shape index (κ3) is 5.88. The minimum absolute atomic E-state index is 0.000391. The molecule has 0 saturated carbocycles. The van der Waals surface area contributed by atoms with E-state index < -0.39 is 26.0 Å². The maximum atomic E-state index is 13.1. The van der Waals surface area contributed by atoms with Gasteiger partial charge in [-0.1, -0.05) is 12.1 Å². The molecule has 180 valence electrons. The number of rotatable bonds is 9. The summed E-state index contributed by atoms with van der Waals surface area (Å²) in [6.07, 6.45) is 0. The van der Waals surface area contributed by atoms with Crippen molar-refractivity contribution in [2.45, 2.75) is 23.6 Å². The highest BCUT2D eigenvalue weighted by atomic mass is 79.9. The summed E-state index contributed by atoms with van der Waals surface area (Å²) in [5.74, 6) is -0.710. The molecule has 0 aromatic heterocycles. The van der Waals surface area contributed by atoms with E-state index in [-0.39, 0.29) is 26.7 Å². The van der Waals surface area contributed by atoms with Crippen molar-refractivity contribution in [3.05, 3.63) is 76.3 Å². The zero-order valence-corrected chi connectivity index (χ0v) is 21.3. The average Bonchev–Trinajstić information content (AvgIpc) is 2.76. The second kappa shape index (κ2) is 10.0. The van der Waals surface area contributed by atoms with Crippen molar-refractivity contribution in [2.75, 3.05) is 16.1 Å². The molecular formula is C22H21BrN2O7S2. The summed E-state index contributed by atoms with van der Waals surface area (Å²) in [5.41, 5.74) is 0.486. The smallest absolute Gasteiger partial charge is 0.335 e. The van der Waals surface area contributed by atoms with Crippen LogP contribution in [0.1, 0.15) is 22.8 Å². The molecule has 3 N–H and O–H groups in total. The van der Waals surface area contributed by atoms with E-state index in [1.165, 1.54) is 36.4 Å². The molecule has 0 heterocycles. The fraction of sp³-hybridized carbons (Fsp3) is 0.136. The van der Waals surface area contributed by atoms with Crippen molar-refractivity contribution in [3.63, 3.8) is 0 Å². The van der Waals surface area contributed by atoms with Gasteiger partial charge >= 0.3 is 5.97 Å². The van der Waals surface area contributed by atoms with Gasteiger partial charge in [0.15, 0.2) is 0 Å². The lowest BCUT2D eigenvalue weighted by atomic mass is 10.2.